The molecule has 0 heterocycles. The number of carbonyl (C=O) groups is 1. The van der Waals surface area contributed by atoms with Crippen LogP contribution in [-0.4, -0.2) is 19.0 Å². The lowest BCUT2D eigenvalue weighted by Crippen LogP contribution is -2.42. The van der Waals surface area contributed by atoms with Gasteiger partial charge in [-0.25, -0.2) is 0 Å². The van der Waals surface area contributed by atoms with E-state index in [9.17, 15) is 4.79 Å². The van der Waals surface area contributed by atoms with E-state index in [4.69, 9.17) is 5.73 Å². The summed E-state index contributed by atoms with van der Waals surface area (Å²) in [6.07, 6.45) is 1.22. The number of carbonyl (C=O) groups excluding carboxylic acids is 1. The van der Waals surface area contributed by atoms with Gasteiger partial charge in [0.15, 0.2) is 0 Å². The van der Waals surface area contributed by atoms with Gasteiger partial charge in [0.2, 0.25) is 5.91 Å². The van der Waals surface area contributed by atoms with Gasteiger partial charge in [-0.2, -0.15) is 0 Å². The monoisotopic (exact) mass is 198 g/mol. The molecule has 3 heteroatoms. The Labute approximate surface area is 86.4 Å². The first-order chi connectivity index (χ1) is 6.29. The molecule has 0 radical (unpaired) electrons. The zero-order valence-corrected chi connectivity index (χ0v) is 9.68. The van der Waals surface area contributed by atoms with Crippen LogP contribution in [0.15, 0.2) is 0 Å². The molecule has 1 aliphatic carbocycles. The predicted molar refractivity (Wildman–Crippen MR) is 57.7 cm³/mol. The van der Waals surface area contributed by atoms with Crippen molar-refractivity contribution in [3.05, 3.63) is 0 Å². The molecule has 3 nitrogen and oxygen atoms in total. The summed E-state index contributed by atoms with van der Waals surface area (Å²) >= 11 is 0. The van der Waals surface area contributed by atoms with Gasteiger partial charge in [0, 0.05) is 13.1 Å². The summed E-state index contributed by atoms with van der Waals surface area (Å²) in [5.41, 5.74) is 5.52. The molecule has 0 aromatic rings. The van der Waals surface area contributed by atoms with Crippen molar-refractivity contribution < 1.29 is 4.79 Å². The van der Waals surface area contributed by atoms with Crippen LogP contribution in [0.5, 0.6) is 0 Å². The zero-order chi connectivity index (χ0) is 11.0. The minimum Gasteiger partial charge on any atom is -0.355 e. The molecule has 0 bridgehead atoms. The molecule has 0 spiro atoms. The van der Waals surface area contributed by atoms with Crippen LogP contribution in [0.25, 0.3) is 0 Å². The minimum atomic E-state index is -0.432. The highest BCUT2D eigenvalue weighted by Gasteiger charge is 2.45. The molecule has 14 heavy (non-hydrogen) atoms. The van der Waals surface area contributed by atoms with E-state index < -0.39 is 5.41 Å². The highest BCUT2D eigenvalue weighted by molar-refractivity contribution is 5.82. The van der Waals surface area contributed by atoms with Gasteiger partial charge in [-0.15, -0.1) is 0 Å². The number of amides is 1. The summed E-state index contributed by atoms with van der Waals surface area (Å²) in [6.45, 7) is 9.42. The van der Waals surface area contributed by atoms with Crippen molar-refractivity contribution in [2.75, 3.05) is 13.1 Å². The summed E-state index contributed by atoms with van der Waals surface area (Å²) in [5, 5.41) is 2.97. The number of hydrogen-bond donors (Lipinski definition) is 2. The van der Waals surface area contributed by atoms with Gasteiger partial charge in [-0.1, -0.05) is 13.8 Å². The second-order valence-electron chi connectivity index (χ2n) is 5.69. The first-order valence-corrected chi connectivity index (χ1v) is 5.28. The van der Waals surface area contributed by atoms with Gasteiger partial charge in [0.25, 0.3) is 0 Å². The lowest BCUT2D eigenvalue weighted by atomic mass is 9.92. The standard InChI is InChI=1S/C11H22N2O/c1-10(2)5-8(10)6-13-9(14)11(3,4)7-12/h8H,5-7,12H2,1-4H3,(H,13,14). The fourth-order valence-electron chi connectivity index (χ4n) is 1.47. The third kappa shape index (κ3) is 2.47. The third-order valence-corrected chi connectivity index (χ3v) is 3.35. The Hall–Kier alpha value is -0.570. The smallest absolute Gasteiger partial charge is 0.226 e. The first-order valence-electron chi connectivity index (χ1n) is 5.28. The van der Waals surface area contributed by atoms with Crippen LogP contribution in [0.4, 0.5) is 0 Å². The van der Waals surface area contributed by atoms with Crippen LogP contribution in [0, 0.1) is 16.7 Å². The quantitative estimate of drug-likeness (QED) is 0.711. The van der Waals surface area contributed by atoms with Crippen LogP contribution in [-0.2, 0) is 4.79 Å². The molecule has 1 unspecified atom stereocenters. The summed E-state index contributed by atoms with van der Waals surface area (Å²) in [7, 11) is 0. The van der Waals surface area contributed by atoms with Crippen molar-refractivity contribution in [3.63, 3.8) is 0 Å². The summed E-state index contributed by atoms with van der Waals surface area (Å²) in [6, 6.07) is 0. The Morgan fingerprint density at radius 3 is 2.43 bits per heavy atom. The molecular weight excluding hydrogens is 176 g/mol. The molecule has 0 saturated heterocycles. The first kappa shape index (κ1) is 11.5. The van der Waals surface area contributed by atoms with E-state index in [1.807, 2.05) is 13.8 Å². The highest BCUT2D eigenvalue weighted by atomic mass is 16.2. The summed E-state index contributed by atoms with van der Waals surface area (Å²) in [5.74, 6) is 0.725. The van der Waals surface area contributed by atoms with E-state index in [-0.39, 0.29) is 5.91 Å². The van der Waals surface area contributed by atoms with Gasteiger partial charge in [-0.05, 0) is 31.6 Å². The molecule has 82 valence electrons. The second-order valence-corrected chi connectivity index (χ2v) is 5.69. The summed E-state index contributed by atoms with van der Waals surface area (Å²) in [4.78, 5) is 11.6. The molecule has 1 amide bonds. The lowest BCUT2D eigenvalue weighted by molar-refractivity contribution is -0.128. The molecule has 1 aliphatic rings. The Morgan fingerprint density at radius 1 is 1.57 bits per heavy atom. The Balaban J connectivity index is 2.29. The average molecular weight is 198 g/mol. The normalized spacial score (nSPS) is 24.5. The predicted octanol–water partition coefficient (Wildman–Crippen LogP) is 1.13. The van der Waals surface area contributed by atoms with Crippen molar-refractivity contribution in [1.29, 1.82) is 0 Å². The lowest BCUT2D eigenvalue weighted by Gasteiger charge is -2.21. The van der Waals surface area contributed by atoms with E-state index in [2.05, 4.69) is 19.2 Å². The second kappa shape index (κ2) is 3.54. The summed E-state index contributed by atoms with van der Waals surface area (Å²) < 4.78 is 0. The molecule has 1 fully saturated rings. The topological polar surface area (TPSA) is 55.1 Å². The van der Waals surface area contributed by atoms with E-state index in [0.717, 1.165) is 6.54 Å². The Bertz CT molecular complexity index is 233. The van der Waals surface area contributed by atoms with Gasteiger partial charge < -0.3 is 11.1 Å². The maximum atomic E-state index is 11.6. The molecule has 0 aliphatic heterocycles. The fourth-order valence-corrected chi connectivity index (χ4v) is 1.47. The van der Waals surface area contributed by atoms with Crippen molar-refractivity contribution >= 4 is 5.91 Å². The zero-order valence-electron chi connectivity index (χ0n) is 9.68. The van der Waals surface area contributed by atoms with Crippen molar-refractivity contribution in [2.24, 2.45) is 22.5 Å². The molecule has 1 rings (SSSR count). The maximum Gasteiger partial charge on any atom is 0.226 e. The maximum absolute atomic E-state index is 11.6. The van der Waals surface area contributed by atoms with Crippen LogP contribution >= 0.6 is 0 Å². The Morgan fingerprint density at radius 2 is 2.07 bits per heavy atom. The van der Waals surface area contributed by atoms with Crippen LogP contribution in [0.3, 0.4) is 0 Å². The van der Waals surface area contributed by atoms with Crippen molar-refractivity contribution in [2.45, 2.75) is 34.1 Å². The van der Waals surface area contributed by atoms with Gasteiger partial charge in [0.05, 0.1) is 5.41 Å². The van der Waals surface area contributed by atoms with E-state index in [0.29, 0.717) is 17.9 Å². The number of rotatable bonds is 4. The molecular formula is C11H22N2O. The van der Waals surface area contributed by atoms with E-state index >= 15 is 0 Å². The number of nitrogens with two attached hydrogens (primary N) is 1. The highest BCUT2D eigenvalue weighted by Crippen LogP contribution is 2.51. The van der Waals surface area contributed by atoms with Crippen LogP contribution in [0.2, 0.25) is 0 Å². The molecule has 0 aromatic heterocycles. The van der Waals surface area contributed by atoms with Gasteiger partial charge >= 0.3 is 0 Å². The van der Waals surface area contributed by atoms with Gasteiger partial charge in [-0.3, -0.25) is 4.79 Å². The molecule has 3 N–H and O–H groups in total. The van der Waals surface area contributed by atoms with Crippen molar-refractivity contribution in [1.82, 2.24) is 5.32 Å². The average Bonchev–Trinajstić information content (AvgIpc) is 2.70. The molecule has 1 saturated carbocycles. The third-order valence-electron chi connectivity index (χ3n) is 3.35. The van der Waals surface area contributed by atoms with Crippen molar-refractivity contribution in [3.8, 4) is 0 Å². The molecule has 1 atom stereocenters. The van der Waals surface area contributed by atoms with Gasteiger partial charge in [0.1, 0.15) is 0 Å². The number of nitrogens with one attached hydrogen (secondary N) is 1. The Kier molecular flexibility index (Phi) is 2.91. The van der Waals surface area contributed by atoms with E-state index in [1.54, 1.807) is 0 Å². The molecule has 0 aromatic carbocycles. The largest absolute Gasteiger partial charge is 0.355 e. The SMILES string of the molecule is CC(C)(CN)C(=O)NCC1CC1(C)C. The fraction of sp³-hybridized carbons (Fsp3) is 0.909. The number of hydrogen-bond acceptors (Lipinski definition) is 2. The van der Waals surface area contributed by atoms with E-state index in [1.165, 1.54) is 6.42 Å². The van der Waals surface area contributed by atoms with Crippen LogP contribution < -0.4 is 11.1 Å². The van der Waals surface area contributed by atoms with Crippen LogP contribution in [0.1, 0.15) is 34.1 Å². The minimum absolute atomic E-state index is 0.0719.